The van der Waals surface area contributed by atoms with E-state index < -0.39 is 24.4 Å². The van der Waals surface area contributed by atoms with Crippen molar-refractivity contribution in [2.45, 2.75) is 24.4 Å². The van der Waals surface area contributed by atoms with Crippen LogP contribution in [-0.4, -0.2) is 12.4 Å². The van der Waals surface area contributed by atoms with E-state index >= 15 is 0 Å². The second-order valence-corrected chi connectivity index (χ2v) is 4.94. The largest absolute Gasteiger partial charge is 0.407 e. The summed E-state index contributed by atoms with van der Waals surface area (Å²) < 4.78 is 79.4. The Hall–Kier alpha value is -2.02. The Morgan fingerprint density at radius 3 is 1.13 bits per heavy atom. The fourth-order valence-electron chi connectivity index (χ4n) is 2.22. The lowest BCUT2D eigenvalue weighted by molar-refractivity contribution is -0.190. The molecule has 1 N–H and O–H groups in total. The van der Waals surface area contributed by atoms with Crippen LogP contribution in [0.15, 0.2) is 60.7 Å². The Morgan fingerprint density at radius 1 is 0.565 bits per heavy atom. The van der Waals surface area contributed by atoms with Gasteiger partial charge in [-0.15, -0.1) is 0 Å². The number of nitrogens with one attached hydrogen (secondary N) is 1. The van der Waals surface area contributed by atoms with Crippen molar-refractivity contribution in [3.8, 4) is 0 Å². The van der Waals surface area contributed by atoms with Gasteiger partial charge in [-0.05, 0) is 11.1 Å². The van der Waals surface area contributed by atoms with E-state index in [9.17, 15) is 26.3 Å². The lowest BCUT2D eigenvalue weighted by Crippen LogP contribution is -2.42. The third kappa shape index (κ3) is 4.48. The molecule has 2 atom stereocenters. The predicted octanol–water partition coefficient (Wildman–Crippen LogP) is 5.18. The summed E-state index contributed by atoms with van der Waals surface area (Å²) in [7, 11) is 0. The maximum Gasteiger partial charge on any atom is 0.407 e. The van der Waals surface area contributed by atoms with Crippen LogP contribution in [-0.2, 0) is 0 Å². The van der Waals surface area contributed by atoms with Gasteiger partial charge in [-0.2, -0.15) is 26.3 Å². The molecule has 0 radical (unpaired) electrons. The minimum atomic E-state index is -4.86. The Balaban J connectivity index is 2.39. The van der Waals surface area contributed by atoms with Gasteiger partial charge < -0.3 is 0 Å². The Labute approximate surface area is 128 Å². The van der Waals surface area contributed by atoms with Gasteiger partial charge in [-0.25, -0.2) is 0 Å². The summed E-state index contributed by atoms with van der Waals surface area (Å²) >= 11 is 0. The molecule has 0 fully saturated rings. The zero-order valence-corrected chi connectivity index (χ0v) is 11.7. The van der Waals surface area contributed by atoms with Crippen molar-refractivity contribution in [3.63, 3.8) is 0 Å². The fourth-order valence-corrected chi connectivity index (χ4v) is 2.22. The van der Waals surface area contributed by atoms with E-state index in [1.165, 1.54) is 36.4 Å². The molecule has 0 heterocycles. The van der Waals surface area contributed by atoms with Crippen molar-refractivity contribution in [1.29, 1.82) is 0 Å². The first-order chi connectivity index (χ1) is 10.7. The molecule has 0 bridgehead atoms. The second kappa shape index (κ2) is 6.62. The fraction of sp³-hybridized carbons (Fsp3) is 0.250. The van der Waals surface area contributed by atoms with Crippen molar-refractivity contribution in [2.75, 3.05) is 0 Å². The van der Waals surface area contributed by atoms with Crippen LogP contribution in [0.2, 0.25) is 0 Å². The molecule has 2 aromatic rings. The highest BCUT2D eigenvalue weighted by atomic mass is 19.4. The molecule has 2 rings (SSSR count). The Bertz CT molecular complexity index is 550. The van der Waals surface area contributed by atoms with Gasteiger partial charge in [0.25, 0.3) is 0 Å². The van der Waals surface area contributed by atoms with Crippen LogP contribution in [0.4, 0.5) is 26.3 Å². The third-order valence-corrected chi connectivity index (χ3v) is 3.25. The summed E-state index contributed by atoms with van der Waals surface area (Å²) in [6, 6.07) is 8.11. The molecular formula is C16H13F6N. The van der Waals surface area contributed by atoms with Crippen LogP contribution in [0, 0.1) is 0 Å². The molecule has 1 nitrogen and oxygen atoms in total. The smallest absolute Gasteiger partial charge is 0.288 e. The van der Waals surface area contributed by atoms with E-state index in [1.807, 2.05) is 0 Å². The van der Waals surface area contributed by atoms with Crippen LogP contribution >= 0.6 is 0 Å². The number of benzene rings is 2. The minimum absolute atomic E-state index is 0.273. The molecule has 0 unspecified atom stereocenters. The highest BCUT2D eigenvalue weighted by Crippen LogP contribution is 2.39. The van der Waals surface area contributed by atoms with Crippen molar-refractivity contribution in [3.05, 3.63) is 71.8 Å². The molecule has 0 aliphatic rings. The maximum absolute atomic E-state index is 13.2. The molecule has 0 aromatic heterocycles. The summed E-state index contributed by atoms with van der Waals surface area (Å²) in [6.07, 6.45) is -9.72. The van der Waals surface area contributed by atoms with Crippen LogP contribution < -0.4 is 5.32 Å². The van der Waals surface area contributed by atoms with Crippen LogP contribution in [0.5, 0.6) is 0 Å². The average molecular weight is 333 g/mol. The van der Waals surface area contributed by atoms with E-state index in [1.54, 1.807) is 5.32 Å². The van der Waals surface area contributed by atoms with Crippen molar-refractivity contribution < 1.29 is 26.3 Å². The molecule has 0 spiro atoms. The van der Waals surface area contributed by atoms with Gasteiger partial charge >= 0.3 is 12.4 Å². The van der Waals surface area contributed by atoms with Crippen molar-refractivity contribution in [2.24, 2.45) is 0 Å². The molecule has 0 saturated carbocycles. The third-order valence-electron chi connectivity index (χ3n) is 3.25. The minimum Gasteiger partial charge on any atom is -0.288 e. The first-order valence-corrected chi connectivity index (χ1v) is 6.69. The highest BCUT2D eigenvalue weighted by molar-refractivity contribution is 5.24. The molecule has 0 aliphatic heterocycles. The number of hydrogen-bond donors (Lipinski definition) is 1. The Morgan fingerprint density at radius 2 is 0.870 bits per heavy atom. The maximum atomic E-state index is 13.2. The van der Waals surface area contributed by atoms with Gasteiger partial charge in [0.2, 0.25) is 0 Å². The molecule has 124 valence electrons. The van der Waals surface area contributed by atoms with Crippen LogP contribution in [0.3, 0.4) is 0 Å². The van der Waals surface area contributed by atoms with E-state index in [0.29, 0.717) is 0 Å². The van der Waals surface area contributed by atoms with Crippen LogP contribution in [0.25, 0.3) is 0 Å². The summed E-state index contributed by atoms with van der Waals surface area (Å²) in [5, 5.41) is 1.72. The van der Waals surface area contributed by atoms with Crippen molar-refractivity contribution in [1.82, 2.24) is 5.32 Å². The van der Waals surface area contributed by atoms with Crippen molar-refractivity contribution >= 4 is 0 Å². The molecule has 0 amide bonds. The summed E-state index contributed by atoms with van der Waals surface area (Å²) in [6.45, 7) is 0. The van der Waals surface area contributed by atoms with E-state index in [0.717, 1.165) is 24.3 Å². The normalized spacial score (nSPS) is 15.2. The summed E-state index contributed by atoms with van der Waals surface area (Å²) in [5.74, 6) is 0. The van der Waals surface area contributed by atoms with E-state index in [-0.39, 0.29) is 11.1 Å². The van der Waals surface area contributed by atoms with Gasteiger partial charge in [-0.3, -0.25) is 5.32 Å². The lowest BCUT2D eigenvalue weighted by Gasteiger charge is -2.29. The number of halogens is 6. The van der Waals surface area contributed by atoms with Gasteiger partial charge in [0.1, 0.15) is 12.1 Å². The summed E-state index contributed by atoms with van der Waals surface area (Å²) in [4.78, 5) is 0. The monoisotopic (exact) mass is 333 g/mol. The molecule has 7 heteroatoms. The standard InChI is InChI=1S/C16H13F6N/c17-15(18,19)13(11-7-3-1-4-8-11)23-14(16(20,21)22)12-9-5-2-6-10-12/h1-10,13-14,23H/t13-,14-/m1/s1. The van der Waals surface area contributed by atoms with E-state index in [4.69, 9.17) is 0 Å². The number of rotatable bonds is 4. The molecule has 0 aliphatic carbocycles. The number of hydrogen-bond acceptors (Lipinski definition) is 1. The molecule has 2 aromatic carbocycles. The van der Waals surface area contributed by atoms with Crippen LogP contribution in [0.1, 0.15) is 23.2 Å². The zero-order chi connectivity index (χ0) is 17.1. The zero-order valence-electron chi connectivity index (χ0n) is 11.7. The highest BCUT2D eigenvalue weighted by Gasteiger charge is 2.48. The number of alkyl halides is 6. The van der Waals surface area contributed by atoms with Gasteiger partial charge in [0, 0.05) is 0 Å². The van der Waals surface area contributed by atoms with E-state index in [2.05, 4.69) is 0 Å². The lowest BCUT2D eigenvalue weighted by atomic mass is 10.0. The van der Waals surface area contributed by atoms with Gasteiger partial charge in [-0.1, -0.05) is 60.7 Å². The Kier molecular flexibility index (Phi) is 4.99. The van der Waals surface area contributed by atoms with Gasteiger partial charge in [0.15, 0.2) is 0 Å². The first-order valence-electron chi connectivity index (χ1n) is 6.69. The SMILES string of the molecule is FC(F)(F)[C@H](N[C@H](c1ccccc1)C(F)(F)F)c1ccccc1. The summed E-state index contributed by atoms with van der Waals surface area (Å²) in [5.41, 5.74) is -0.546. The predicted molar refractivity (Wildman–Crippen MR) is 73.6 cm³/mol. The molecule has 23 heavy (non-hydrogen) atoms. The molecule has 0 saturated heterocycles. The second-order valence-electron chi connectivity index (χ2n) is 4.94. The average Bonchev–Trinajstić information content (AvgIpc) is 2.47. The topological polar surface area (TPSA) is 12.0 Å². The quantitative estimate of drug-likeness (QED) is 0.760. The van der Waals surface area contributed by atoms with Gasteiger partial charge in [0.05, 0.1) is 0 Å². The molecular weight excluding hydrogens is 320 g/mol. The first kappa shape index (κ1) is 17.3.